The third-order valence-corrected chi connectivity index (χ3v) is 4.57. The summed E-state index contributed by atoms with van der Waals surface area (Å²) in [5, 5.41) is 21.6. The van der Waals surface area contributed by atoms with Crippen molar-refractivity contribution in [3.8, 4) is 0 Å². The molecule has 1 aliphatic rings. The van der Waals surface area contributed by atoms with Crippen LogP contribution in [0.15, 0.2) is 0 Å². The average molecular weight is 342 g/mol. The van der Waals surface area contributed by atoms with E-state index in [1.165, 1.54) is 7.11 Å². The van der Waals surface area contributed by atoms with Crippen LogP contribution in [0, 0.1) is 5.92 Å². The Morgan fingerprint density at radius 3 is 2.58 bits per heavy atom. The van der Waals surface area contributed by atoms with Crippen LogP contribution in [0.25, 0.3) is 0 Å². The average Bonchev–Trinajstić information content (AvgIpc) is 2.99. The first kappa shape index (κ1) is 20.9. The molecule has 24 heavy (non-hydrogen) atoms. The van der Waals surface area contributed by atoms with Crippen LogP contribution in [0.1, 0.15) is 52.4 Å². The molecule has 0 radical (unpaired) electrons. The molecule has 0 spiro atoms. The Morgan fingerprint density at radius 2 is 2.00 bits per heavy atom. The molecule has 1 fully saturated rings. The van der Waals surface area contributed by atoms with E-state index in [0.717, 1.165) is 45.2 Å². The van der Waals surface area contributed by atoms with E-state index in [1.807, 2.05) is 13.8 Å². The number of nitrogens with zero attached hydrogens (tertiary/aromatic N) is 1. The molecule has 0 aromatic rings. The van der Waals surface area contributed by atoms with Crippen LogP contribution in [-0.2, 0) is 14.3 Å². The fraction of sp³-hybridized carbons (Fsp3) is 0.875. The van der Waals surface area contributed by atoms with Gasteiger partial charge in [0.25, 0.3) is 0 Å². The molecule has 0 aromatic carbocycles. The Labute approximate surface area is 144 Å². The molecule has 138 valence electrons. The topological polar surface area (TPSA) is 99.1 Å². The molecule has 7 nitrogen and oxygen atoms in total. The first-order valence-corrected chi connectivity index (χ1v) is 8.84. The predicted molar refractivity (Wildman–Crippen MR) is 92.0 cm³/mol. The number of nitrogens with one attached hydrogen (secondary N) is 1. The number of likely N-dealkylation sites (tertiary alicyclic amines) is 1. The fourth-order valence-corrected chi connectivity index (χ4v) is 3.10. The second-order valence-corrected chi connectivity index (χ2v) is 6.77. The third kappa shape index (κ3) is 6.79. The maximum Gasteiger partial charge on any atom is 0.475 e. The predicted octanol–water partition coefficient (Wildman–Crippen LogP) is 0.337. The van der Waals surface area contributed by atoms with Crippen molar-refractivity contribution in [3.63, 3.8) is 0 Å². The SMILES string of the molecule is COC(=O)CCCCCN1CCC[C@H]1C(=O)N[C@H](B(O)O)C(C)C. The fourth-order valence-electron chi connectivity index (χ4n) is 3.10. The lowest BCUT2D eigenvalue weighted by atomic mass is 9.73. The molecule has 1 aliphatic heterocycles. The molecular weight excluding hydrogens is 311 g/mol. The van der Waals surface area contributed by atoms with Gasteiger partial charge in [0.1, 0.15) is 0 Å². The number of ether oxygens (including phenoxy) is 1. The van der Waals surface area contributed by atoms with Crippen molar-refractivity contribution in [2.24, 2.45) is 5.92 Å². The maximum absolute atomic E-state index is 12.5. The van der Waals surface area contributed by atoms with Gasteiger partial charge in [-0.05, 0) is 44.7 Å². The van der Waals surface area contributed by atoms with E-state index in [1.54, 1.807) is 0 Å². The Balaban J connectivity index is 2.38. The highest BCUT2D eigenvalue weighted by Crippen LogP contribution is 2.19. The number of methoxy groups -OCH3 is 1. The summed E-state index contributed by atoms with van der Waals surface area (Å²) in [5.74, 6) is -1.02. The first-order valence-electron chi connectivity index (χ1n) is 8.84. The van der Waals surface area contributed by atoms with Gasteiger partial charge in [0.05, 0.1) is 19.1 Å². The van der Waals surface area contributed by atoms with E-state index in [0.29, 0.717) is 6.42 Å². The number of carbonyl (C=O) groups is 2. The van der Waals surface area contributed by atoms with Crippen molar-refractivity contribution in [2.75, 3.05) is 20.2 Å². The summed E-state index contributed by atoms with van der Waals surface area (Å²) in [6, 6.07) is -0.203. The Bertz CT molecular complexity index is 398. The van der Waals surface area contributed by atoms with Crippen molar-refractivity contribution >= 4 is 19.0 Å². The number of hydrogen-bond donors (Lipinski definition) is 3. The summed E-state index contributed by atoms with van der Waals surface area (Å²) in [6.07, 6.45) is 4.84. The Morgan fingerprint density at radius 1 is 1.29 bits per heavy atom. The standard InChI is InChI=1S/C16H31BN2O5/c1-12(2)15(17(22)23)18-16(21)13-8-7-11-19(13)10-6-4-5-9-14(20)24-3/h12-13,15,22-23H,4-11H2,1-3H3,(H,18,21)/t13-,15-/m0/s1. The van der Waals surface area contributed by atoms with E-state index in [2.05, 4.69) is 15.0 Å². The molecule has 0 aromatic heterocycles. The molecule has 1 saturated heterocycles. The van der Waals surface area contributed by atoms with Crippen molar-refractivity contribution in [1.82, 2.24) is 10.2 Å². The van der Waals surface area contributed by atoms with Crippen molar-refractivity contribution in [3.05, 3.63) is 0 Å². The molecule has 8 heteroatoms. The van der Waals surface area contributed by atoms with Crippen LogP contribution in [-0.4, -0.2) is 66.1 Å². The van der Waals surface area contributed by atoms with Crippen LogP contribution in [0.3, 0.4) is 0 Å². The Kier molecular flexibility index (Phi) is 9.32. The van der Waals surface area contributed by atoms with Gasteiger partial charge in [-0.2, -0.15) is 0 Å². The number of unbranched alkanes of at least 4 members (excludes halogenated alkanes) is 2. The zero-order valence-corrected chi connectivity index (χ0v) is 15.0. The molecule has 3 N–H and O–H groups in total. The second-order valence-electron chi connectivity index (χ2n) is 6.77. The molecular formula is C16H31BN2O5. The molecule has 0 saturated carbocycles. The molecule has 1 amide bonds. The van der Waals surface area contributed by atoms with Gasteiger partial charge in [-0.1, -0.05) is 20.3 Å². The minimum atomic E-state index is -1.55. The first-order chi connectivity index (χ1) is 11.4. The van der Waals surface area contributed by atoms with E-state index in [4.69, 9.17) is 0 Å². The summed E-state index contributed by atoms with van der Waals surface area (Å²) < 4.78 is 4.61. The van der Waals surface area contributed by atoms with Crippen LogP contribution < -0.4 is 5.32 Å². The van der Waals surface area contributed by atoms with Gasteiger partial charge < -0.3 is 20.1 Å². The highest BCUT2D eigenvalue weighted by molar-refractivity contribution is 6.43. The number of amides is 1. The normalized spacial score (nSPS) is 19.3. The quantitative estimate of drug-likeness (QED) is 0.301. The van der Waals surface area contributed by atoms with E-state index < -0.39 is 13.1 Å². The lowest BCUT2D eigenvalue weighted by Crippen LogP contribution is -2.54. The number of esters is 1. The second kappa shape index (κ2) is 10.7. The monoisotopic (exact) mass is 342 g/mol. The zero-order chi connectivity index (χ0) is 18.1. The smallest absolute Gasteiger partial charge is 0.469 e. The molecule has 1 heterocycles. The summed E-state index contributed by atoms with van der Waals surface area (Å²) in [7, 11) is -0.161. The number of rotatable bonds is 10. The van der Waals surface area contributed by atoms with Gasteiger partial charge >= 0.3 is 13.1 Å². The van der Waals surface area contributed by atoms with Crippen molar-refractivity contribution in [1.29, 1.82) is 0 Å². The summed E-state index contributed by atoms with van der Waals surface area (Å²) in [5.41, 5.74) is 0. The number of carbonyl (C=O) groups excluding carboxylic acids is 2. The van der Waals surface area contributed by atoms with E-state index >= 15 is 0 Å². The van der Waals surface area contributed by atoms with Gasteiger partial charge in [-0.3, -0.25) is 14.5 Å². The molecule has 0 aliphatic carbocycles. The molecule has 1 rings (SSSR count). The summed E-state index contributed by atoms with van der Waals surface area (Å²) >= 11 is 0. The van der Waals surface area contributed by atoms with Gasteiger partial charge in [0.15, 0.2) is 0 Å². The largest absolute Gasteiger partial charge is 0.475 e. The lowest BCUT2D eigenvalue weighted by molar-refractivity contribution is -0.140. The van der Waals surface area contributed by atoms with Crippen molar-refractivity contribution in [2.45, 2.75) is 64.4 Å². The van der Waals surface area contributed by atoms with E-state index in [9.17, 15) is 19.6 Å². The minimum Gasteiger partial charge on any atom is -0.469 e. The van der Waals surface area contributed by atoms with Crippen LogP contribution in [0.5, 0.6) is 0 Å². The maximum atomic E-state index is 12.5. The van der Waals surface area contributed by atoms with Crippen LogP contribution >= 0.6 is 0 Å². The highest BCUT2D eigenvalue weighted by atomic mass is 16.5. The third-order valence-electron chi connectivity index (χ3n) is 4.57. The lowest BCUT2D eigenvalue weighted by Gasteiger charge is -2.27. The van der Waals surface area contributed by atoms with Crippen molar-refractivity contribution < 1.29 is 24.4 Å². The number of hydrogen-bond acceptors (Lipinski definition) is 6. The van der Waals surface area contributed by atoms with E-state index in [-0.39, 0.29) is 23.8 Å². The van der Waals surface area contributed by atoms with Gasteiger partial charge in [-0.15, -0.1) is 0 Å². The van der Waals surface area contributed by atoms with Gasteiger partial charge in [0.2, 0.25) is 5.91 Å². The Hall–Kier alpha value is -1.12. The van der Waals surface area contributed by atoms with Crippen LogP contribution in [0.2, 0.25) is 0 Å². The molecule has 0 bridgehead atoms. The summed E-state index contributed by atoms with van der Waals surface area (Å²) in [4.78, 5) is 25.7. The highest BCUT2D eigenvalue weighted by Gasteiger charge is 2.34. The van der Waals surface area contributed by atoms with Gasteiger partial charge in [-0.25, -0.2) is 0 Å². The molecule has 2 atom stereocenters. The molecule has 0 unspecified atom stereocenters. The van der Waals surface area contributed by atoms with Gasteiger partial charge in [0, 0.05) is 6.42 Å². The zero-order valence-electron chi connectivity index (χ0n) is 15.0. The van der Waals surface area contributed by atoms with Crippen LogP contribution in [0.4, 0.5) is 0 Å². The summed E-state index contributed by atoms with van der Waals surface area (Å²) in [6.45, 7) is 5.38. The minimum absolute atomic E-state index is 0.0536.